The highest BCUT2D eigenvalue weighted by atomic mass is 32.2. The number of benzene rings is 1. The highest BCUT2D eigenvalue weighted by Crippen LogP contribution is 2.52. The van der Waals surface area contributed by atoms with Gasteiger partial charge in [-0.3, -0.25) is 0 Å². The molecule has 1 unspecified atom stereocenters. The first kappa shape index (κ1) is 29.5. The Bertz CT molecular complexity index is 1310. The van der Waals surface area contributed by atoms with Gasteiger partial charge in [0.05, 0.1) is 17.9 Å². The summed E-state index contributed by atoms with van der Waals surface area (Å²) in [4.78, 5) is 13.2. The van der Waals surface area contributed by atoms with Crippen molar-refractivity contribution in [2.75, 3.05) is 43.5 Å². The lowest BCUT2D eigenvalue weighted by Gasteiger charge is -2.35. The summed E-state index contributed by atoms with van der Waals surface area (Å²) in [5.41, 5.74) is 4.09. The fourth-order valence-electron chi connectivity index (χ4n) is 6.63. The van der Waals surface area contributed by atoms with Gasteiger partial charge in [-0.05, 0) is 95.4 Å². The van der Waals surface area contributed by atoms with Crippen LogP contribution in [-0.4, -0.2) is 59.7 Å². The first-order valence-corrected chi connectivity index (χ1v) is 16.9. The molecule has 1 atom stereocenters. The fourth-order valence-corrected chi connectivity index (χ4v) is 7.70. The maximum Gasteiger partial charge on any atom is 0.140 e. The number of anilines is 1. The van der Waals surface area contributed by atoms with Crippen molar-refractivity contribution in [1.82, 2.24) is 15.3 Å². The van der Waals surface area contributed by atoms with Crippen molar-refractivity contribution >= 4 is 23.2 Å². The third-order valence-corrected chi connectivity index (χ3v) is 10.5. The van der Waals surface area contributed by atoms with Crippen LogP contribution >= 0.6 is 11.8 Å². The first-order chi connectivity index (χ1) is 20.5. The maximum absolute atomic E-state index is 10.5. The van der Waals surface area contributed by atoms with Gasteiger partial charge in [-0.1, -0.05) is 12.2 Å². The molecule has 0 radical (unpaired) electrons. The topological polar surface area (TPSA) is 79.7 Å². The molecule has 42 heavy (non-hydrogen) atoms. The average Bonchev–Trinajstić information content (AvgIpc) is 3.94. The van der Waals surface area contributed by atoms with Crippen molar-refractivity contribution in [3.63, 3.8) is 0 Å². The van der Waals surface area contributed by atoms with E-state index in [0.717, 1.165) is 86.2 Å². The van der Waals surface area contributed by atoms with Crippen molar-refractivity contribution in [3.05, 3.63) is 58.4 Å². The Kier molecular flexibility index (Phi) is 9.12. The standard InChI is InChI=1S/C34H46N4O3S/c1-4-28(31-7-6-18-42-31)32-23(3)36-22-37-33(32)38-16-12-26(13-17-38)35-20-25(24-8-9-24)21-40-27-10-11-30(39)29(19-27)34(14-15-34)41-5-2/h4,7,10-11,19,22,24-26,35,39H,5-6,8-9,12-18,20-21H2,1-3H3/b28-4-. The van der Waals surface area contributed by atoms with Crippen LogP contribution in [0.3, 0.4) is 0 Å². The van der Waals surface area contributed by atoms with E-state index in [2.05, 4.69) is 41.2 Å². The van der Waals surface area contributed by atoms with Crippen molar-refractivity contribution in [2.45, 2.75) is 77.4 Å². The lowest BCUT2D eigenvalue weighted by molar-refractivity contribution is 0.0376. The lowest BCUT2D eigenvalue weighted by Crippen LogP contribution is -2.45. The monoisotopic (exact) mass is 590 g/mol. The van der Waals surface area contributed by atoms with Crippen LogP contribution in [0, 0.1) is 18.8 Å². The molecule has 2 saturated carbocycles. The smallest absolute Gasteiger partial charge is 0.140 e. The minimum atomic E-state index is -0.323. The molecule has 8 heteroatoms. The minimum absolute atomic E-state index is 0.306. The summed E-state index contributed by atoms with van der Waals surface area (Å²) in [6, 6.07) is 6.15. The molecule has 0 amide bonds. The van der Waals surface area contributed by atoms with E-state index in [9.17, 15) is 5.11 Å². The van der Waals surface area contributed by atoms with Crippen molar-refractivity contribution in [2.24, 2.45) is 11.8 Å². The number of hydrogen-bond acceptors (Lipinski definition) is 8. The molecule has 2 N–H and O–H groups in total. The largest absolute Gasteiger partial charge is 0.508 e. The predicted molar refractivity (Wildman–Crippen MR) is 171 cm³/mol. The Balaban J connectivity index is 1.04. The summed E-state index contributed by atoms with van der Waals surface area (Å²) in [5.74, 6) is 4.60. The number of hydrogen-bond donors (Lipinski definition) is 2. The normalized spacial score (nSPS) is 21.4. The minimum Gasteiger partial charge on any atom is -0.508 e. The number of ether oxygens (including phenoxy) is 2. The molecule has 1 aromatic heterocycles. The summed E-state index contributed by atoms with van der Waals surface area (Å²) < 4.78 is 12.3. The third kappa shape index (κ3) is 6.51. The Morgan fingerprint density at radius 3 is 2.69 bits per heavy atom. The van der Waals surface area contributed by atoms with Gasteiger partial charge >= 0.3 is 0 Å². The lowest BCUT2D eigenvalue weighted by atomic mass is 9.99. The molecule has 2 aromatic rings. The molecule has 1 aromatic carbocycles. The summed E-state index contributed by atoms with van der Waals surface area (Å²) >= 11 is 1.94. The van der Waals surface area contributed by atoms with Crippen LogP contribution in [0.5, 0.6) is 11.5 Å². The highest BCUT2D eigenvalue weighted by Gasteiger charge is 2.47. The molecule has 7 nitrogen and oxygen atoms in total. The van der Waals surface area contributed by atoms with Gasteiger partial charge < -0.3 is 24.8 Å². The highest BCUT2D eigenvalue weighted by molar-refractivity contribution is 8.03. The first-order valence-electron chi connectivity index (χ1n) is 15.9. The molecule has 2 aliphatic heterocycles. The second kappa shape index (κ2) is 13.0. The number of phenolic OH excluding ortho intramolecular Hbond substituents is 1. The molecule has 3 fully saturated rings. The zero-order chi connectivity index (χ0) is 29.1. The molecule has 0 bridgehead atoms. The molecule has 2 aliphatic carbocycles. The fraction of sp³-hybridized carbons (Fsp3) is 0.588. The molecule has 6 rings (SSSR count). The van der Waals surface area contributed by atoms with Crippen molar-refractivity contribution in [3.8, 4) is 11.5 Å². The van der Waals surface area contributed by atoms with Gasteiger partial charge in [0, 0.05) is 60.0 Å². The number of aromatic nitrogens is 2. The quantitative estimate of drug-likeness (QED) is 0.270. The van der Waals surface area contributed by atoms with Gasteiger partial charge in [0.2, 0.25) is 0 Å². The zero-order valence-corrected chi connectivity index (χ0v) is 26.2. The van der Waals surface area contributed by atoms with Crippen LogP contribution in [-0.2, 0) is 10.3 Å². The maximum atomic E-state index is 10.5. The van der Waals surface area contributed by atoms with Gasteiger partial charge in [-0.15, -0.1) is 11.8 Å². The van der Waals surface area contributed by atoms with Crippen LogP contribution in [0.15, 0.2) is 41.6 Å². The number of thioether (sulfide) groups is 1. The molecule has 1 saturated heterocycles. The number of rotatable bonds is 13. The van der Waals surface area contributed by atoms with E-state index >= 15 is 0 Å². The van der Waals surface area contributed by atoms with E-state index in [0.29, 0.717) is 30.9 Å². The van der Waals surface area contributed by atoms with Crippen LogP contribution in [0.25, 0.3) is 5.57 Å². The summed E-state index contributed by atoms with van der Waals surface area (Å²) in [6.45, 7) is 10.6. The second-order valence-electron chi connectivity index (χ2n) is 12.2. The molecular formula is C34H46N4O3S. The number of piperidine rings is 1. The van der Waals surface area contributed by atoms with E-state index in [-0.39, 0.29) is 5.60 Å². The molecule has 226 valence electrons. The Hall–Kier alpha value is -2.55. The van der Waals surface area contributed by atoms with E-state index in [4.69, 9.17) is 14.5 Å². The number of allylic oxidation sites excluding steroid dienone is 3. The van der Waals surface area contributed by atoms with Crippen molar-refractivity contribution in [1.29, 1.82) is 0 Å². The number of aryl methyl sites for hydroxylation is 1. The van der Waals surface area contributed by atoms with E-state index in [1.165, 1.54) is 28.9 Å². The van der Waals surface area contributed by atoms with Gasteiger partial charge in [0.1, 0.15) is 23.6 Å². The summed E-state index contributed by atoms with van der Waals surface area (Å²) in [6.07, 6.45) is 14.1. The third-order valence-electron chi connectivity index (χ3n) is 9.35. The van der Waals surface area contributed by atoms with Gasteiger partial charge in [-0.25, -0.2) is 9.97 Å². The Morgan fingerprint density at radius 2 is 2.02 bits per heavy atom. The Morgan fingerprint density at radius 1 is 1.21 bits per heavy atom. The van der Waals surface area contributed by atoms with Crippen LogP contribution in [0.4, 0.5) is 5.82 Å². The molecular weight excluding hydrogens is 544 g/mol. The summed E-state index contributed by atoms with van der Waals surface area (Å²) in [7, 11) is 0. The number of nitrogens with zero attached hydrogens (tertiary/aromatic N) is 3. The van der Waals surface area contributed by atoms with Gasteiger partial charge in [-0.2, -0.15) is 0 Å². The number of nitrogens with one attached hydrogen (secondary N) is 1. The predicted octanol–water partition coefficient (Wildman–Crippen LogP) is 6.60. The SMILES string of the molecule is C/C=C(/C1=CCCS1)c1c(C)ncnc1N1CCC(NCC(COc2ccc(O)c(C3(OCC)CC3)c2)C2CC2)CC1. The molecule has 0 spiro atoms. The van der Waals surface area contributed by atoms with E-state index in [1.54, 1.807) is 12.4 Å². The van der Waals surface area contributed by atoms with E-state index in [1.807, 2.05) is 30.8 Å². The summed E-state index contributed by atoms with van der Waals surface area (Å²) in [5, 5.41) is 14.4. The van der Waals surface area contributed by atoms with Crippen LogP contribution in [0.2, 0.25) is 0 Å². The Labute approximate surface area is 255 Å². The second-order valence-corrected chi connectivity index (χ2v) is 13.4. The number of aromatic hydroxyl groups is 1. The van der Waals surface area contributed by atoms with E-state index < -0.39 is 0 Å². The van der Waals surface area contributed by atoms with Crippen molar-refractivity contribution < 1.29 is 14.6 Å². The average molecular weight is 591 g/mol. The molecule has 3 heterocycles. The van der Waals surface area contributed by atoms with Gasteiger partial charge in [0.15, 0.2) is 0 Å². The van der Waals surface area contributed by atoms with Gasteiger partial charge in [0.25, 0.3) is 0 Å². The van der Waals surface area contributed by atoms with Crippen LogP contribution in [0.1, 0.15) is 75.6 Å². The number of phenols is 1. The zero-order valence-electron chi connectivity index (χ0n) is 25.4. The molecule has 4 aliphatic rings. The van der Waals surface area contributed by atoms with Crippen LogP contribution < -0.4 is 15.0 Å².